The molecule has 1 unspecified atom stereocenters. The van der Waals surface area contributed by atoms with E-state index in [1.54, 1.807) is 23.6 Å². The molecule has 194 valence electrons. The van der Waals surface area contributed by atoms with E-state index >= 15 is 0 Å². The van der Waals surface area contributed by atoms with Crippen molar-refractivity contribution in [2.45, 2.75) is 25.9 Å². The fourth-order valence-corrected chi connectivity index (χ4v) is 5.25. The molecule has 4 aromatic heterocycles. The van der Waals surface area contributed by atoms with E-state index in [-0.39, 0.29) is 0 Å². The lowest BCUT2D eigenvalue weighted by Crippen LogP contribution is -2.31. The highest BCUT2D eigenvalue weighted by Gasteiger charge is 2.29. The number of furan rings is 1. The van der Waals surface area contributed by atoms with Gasteiger partial charge in [-0.1, -0.05) is 34.1 Å². The molecule has 0 fully saturated rings. The predicted molar refractivity (Wildman–Crippen MR) is 154 cm³/mol. The van der Waals surface area contributed by atoms with Crippen molar-refractivity contribution >= 4 is 39.2 Å². The van der Waals surface area contributed by atoms with Gasteiger partial charge < -0.3 is 13.6 Å². The van der Waals surface area contributed by atoms with Crippen LogP contribution in [0.5, 0.6) is 0 Å². The largest absolute Gasteiger partial charge is 0.440 e. The fraction of sp³-hybridized carbons (Fsp3) is 0.133. The highest BCUT2D eigenvalue weighted by atomic mass is 79.9. The molecule has 0 aliphatic heterocycles. The number of carbonyl (C=O) groups is 1. The monoisotopic (exact) mass is 580 g/mol. The minimum absolute atomic E-state index is 0.444. The Bertz CT molecular complexity index is 1710. The Labute approximate surface area is 233 Å². The van der Waals surface area contributed by atoms with Crippen molar-refractivity contribution in [1.29, 1.82) is 0 Å². The molecule has 0 spiro atoms. The van der Waals surface area contributed by atoms with Crippen LogP contribution in [0.25, 0.3) is 27.9 Å². The molecule has 0 saturated carbocycles. The van der Waals surface area contributed by atoms with Gasteiger partial charge in [0.25, 0.3) is 0 Å². The van der Waals surface area contributed by atoms with Crippen molar-refractivity contribution in [3.05, 3.63) is 114 Å². The van der Waals surface area contributed by atoms with Crippen LogP contribution in [0, 0.1) is 0 Å². The number of fused-ring (bicyclic) bond motifs is 1. The predicted octanol–water partition coefficient (Wildman–Crippen LogP) is 6.61. The van der Waals surface area contributed by atoms with E-state index in [0.29, 0.717) is 24.4 Å². The summed E-state index contributed by atoms with van der Waals surface area (Å²) >= 11 is 3.51. The number of amides is 1. The molecule has 9 heteroatoms. The molecular formula is C30H25BrN6O2. The first-order valence-electron chi connectivity index (χ1n) is 12.6. The first kappa shape index (κ1) is 24.8. The quantitative estimate of drug-likeness (QED) is 0.180. The van der Waals surface area contributed by atoms with Crippen molar-refractivity contribution in [2.24, 2.45) is 0 Å². The molecule has 0 saturated heterocycles. The van der Waals surface area contributed by atoms with Crippen LogP contribution in [0.3, 0.4) is 0 Å². The first-order chi connectivity index (χ1) is 19.1. The van der Waals surface area contributed by atoms with E-state index in [1.807, 2.05) is 59.4 Å². The molecule has 0 aliphatic carbocycles. The van der Waals surface area contributed by atoms with Crippen molar-refractivity contribution in [3.8, 4) is 16.9 Å². The summed E-state index contributed by atoms with van der Waals surface area (Å²) in [7, 11) is 0. The van der Waals surface area contributed by atoms with Crippen molar-refractivity contribution in [1.82, 2.24) is 24.1 Å². The smallest absolute Gasteiger partial charge is 0.217 e. The van der Waals surface area contributed by atoms with Gasteiger partial charge >= 0.3 is 0 Å². The van der Waals surface area contributed by atoms with Crippen LogP contribution in [0.2, 0.25) is 0 Å². The summed E-state index contributed by atoms with van der Waals surface area (Å²) in [6.07, 6.45) is 10.4. The number of benzene rings is 2. The SMILES string of the molecule is CCn1c(-c2ccc(-n3ccnc3)cc2)cnc1C(Cc1ccccn1)N(C=O)c1cc2cc(Br)ccc2o1. The standard InChI is InChI=1S/C30H25BrN6O2/c1-2-36-27(21-6-9-25(10-7-21)35-14-13-32-19-35)18-34-30(36)26(17-24-5-3-4-12-33-24)37(20-38)29-16-22-15-23(31)8-11-28(22)39-29/h3-16,18-20,26H,2,17H2,1H3. The third-order valence-electron chi connectivity index (χ3n) is 6.76. The molecule has 39 heavy (non-hydrogen) atoms. The number of hydrogen-bond donors (Lipinski definition) is 0. The van der Waals surface area contributed by atoms with Gasteiger partial charge in [0.15, 0.2) is 0 Å². The van der Waals surface area contributed by atoms with Gasteiger partial charge in [0, 0.05) is 58.9 Å². The van der Waals surface area contributed by atoms with Crippen LogP contribution in [0.4, 0.5) is 5.88 Å². The Morgan fingerprint density at radius 2 is 1.92 bits per heavy atom. The highest BCUT2D eigenvalue weighted by Crippen LogP contribution is 2.35. The normalized spacial score (nSPS) is 12.1. The number of aromatic nitrogens is 5. The number of halogens is 1. The molecule has 0 N–H and O–H groups in total. The molecule has 2 aromatic carbocycles. The molecule has 1 amide bonds. The van der Waals surface area contributed by atoms with E-state index in [1.165, 1.54) is 0 Å². The van der Waals surface area contributed by atoms with Crippen LogP contribution in [-0.4, -0.2) is 30.5 Å². The van der Waals surface area contributed by atoms with Gasteiger partial charge in [-0.15, -0.1) is 0 Å². The Kier molecular flexibility index (Phi) is 6.81. The highest BCUT2D eigenvalue weighted by molar-refractivity contribution is 9.10. The van der Waals surface area contributed by atoms with E-state index in [2.05, 4.69) is 61.7 Å². The Morgan fingerprint density at radius 1 is 1.05 bits per heavy atom. The fourth-order valence-electron chi connectivity index (χ4n) is 4.87. The Balaban J connectivity index is 1.42. The second-order valence-electron chi connectivity index (χ2n) is 9.08. The lowest BCUT2D eigenvalue weighted by Gasteiger charge is -2.26. The van der Waals surface area contributed by atoms with Crippen LogP contribution < -0.4 is 4.90 Å². The molecule has 6 rings (SSSR count). The summed E-state index contributed by atoms with van der Waals surface area (Å²) in [5, 5.41) is 0.903. The van der Waals surface area contributed by atoms with Crippen LogP contribution in [0.15, 0.2) is 107 Å². The molecule has 0 bridgehead atoms. The van der Waals surface area contributed by atoms with Crippen LogP contribution >= 0.6 is 15.9 Å². The minimum Gasteiger partial charge on any atom is -0.440 e. The maximum Gasteiger partial charge on any atom is 0.217 e. The zero-order valence-corrected chi connectivity index (χ0v) is 22.8. The van der Waals surface area contributed by atoms with Crippen molar-refractivity contribution in [3.63, 3.8) is 0 Å². The number of rotatable bonds is 9. The van der Waals surface area contributed by atoms with Crippen molar-refractivity contribution < 1.29 is 9.21 Å². The van der Waals surface area contributed by atoms with Gasteiger partial charge in [-0.2, -0.15) is 0 Å². The van der Waals surface area contributed by atoms with E-state index in [0.717, 1.165) is 44.7 Å². The molecule has 0 aliphatic rings. The molecule has 6 aromatic rings. The summed E-state index contributed by atoms with van der Waals surface area (Å²) in [4.78, 5) is 27.8. The van der Waals surface area contributed by atoms with Gasteiger partial charge in [-0.3, -0.25) is 14.7 Å². The summed E-state index contributed by atoms with van der Waals surface area (Å²) in [6.45, 7) is 2.75. The van der Waals surface area contributed by atoms with Gasteiger partial charge in [-0.05, 0) is 55.0 Å². The number of nitrogens with zero attached hydrogens (tertiary/aromatic N) is 6. The Hall–Kier alpha value is -4.50. The molecule has 4 heterocycles. The number of imidazole rings is 2. The van der Waals surface area contributed by atoms with Gasteiger partial charge in [0.05, 0.1) is 18.2 Å². The summed E-state index contributed by atoms with van der Waals surface area (Å²) < 4.78 is 11.2. The summed E-state index contributed by atoms with van der Waals surface area (Å²) in [6, 6.07) is 21.3. The third kappa shape index (κ3) is 4.88. The van der Waals surface area contributed by atoms with Crippen molar-refractivity contribution in [2.75, 3.05) is 4.90 Å². The van der Waals surface area contributed by atoms with Crippen LogP contribution in [-0.2, 0) is 17.8 Å². The topological polar surface area (TPSA) is 82.0 Å². The average Bonchev–Trinajstić information content (AvgIpc) is 3.73. The number of anilines is 1. The first-order valence-corrected chi connectivity index (χ1v) is 13.4. The van der Waals surface area contributed by atoms with Crippen LogP contribution in [0.1, 0.15) is 24.5 Å². The Morgan fingerprint density at radius 3 is 2.64 bits per heavy atom. The number of hydrogen-bond acceptors (Lipinski definition) is 5. The summed E-state index contributed by atoms with van der Waals surface area (Å²) in [5.41, 5.74) is 4.58. The van der Waals surface area contributed by atoms with E-state index in [4.69, 9.17) is 9.40 Å². The lowest BCUT2D eigenvalue weighted by atomic mass is 10.1. The molecular weight excluding hydrogens is 556 g/mol. The molecule has 0 radical (unpaired) electrons. The number of carbonyl (C=O) groups excluding carboxylic acids is 1. The maximum atomic E-state index is 12.7. The molecule has 1 atom stereocenters. The maximum absolute atomic E-state index is 12.7. The van der Waals surface area contributed by atoms with Gasteiger partial charge in [0.1, 0.15) is 17.4 Å². The molecule has 8 nitrogen and oxygen atoms in total. The summed E-state index contributed by atoms with van der Waals surface area (Å²) in [5.74, 6) is 1.21. The minimum atomic E-state index is -0.444. The lowest BCUT2D eigenvalue weighted by molar-refractivity contribution is -0.108. The van der Waals surface area contributed by atoms with Gasteiger partial charge in [0.2, 0.25) is 12.3 Å². The second kappa shape index (κ2) is 10.7. The zero-order chi connectivity index (χ0) is 26.8. The third-order valence-corrected chi connectivity index (χ3v) is 7.26. The number of pyridine rings is 1. The van der Waals surface area contributed by atoms with Gasteiger partial charge in [-0.25, -0.2) is 9.97 Å². The van der Waals surface area contributed by atoms with E-state index < -0.39 is 6.04 Å². The van der Waals surface area contributed by atoms with E-state index in [9.17, 15) is 4.79 Å². The zero-order valence-electron chi connectivity index (χ0n) is 21.2. The average molecular weight is 581 g/mol. The second-order valence-corrected chi connectivity index (χ2v) is 10.00.